The van der Waals surface area contributed by atoms with Crippen LogP contribution in [0.4, 0.5) is 4.79 Å². The molecule has 0 aliphatic carbocycles. The predicted molar refractivity (Wildman–Crippen MR) is 114 cm³/mol. The minimum atomic E-state index is -2.91. The third-order valence-electron chi connectivity index (χ3n) is 5.72. The molecule has 1 aromatic rings. The molecule has 1 aliphatic heterocycles. The average Bonchev–Trinajstić information content (AvgIpc) is 3.19. The summed E-state index contributed by atoms with van der Waals surface area (Å²) in [6.07, 6.45) is 6.54. The van der Waals surface area contributed by atoms with E-state index in [2.05, 4.69) is 26.8 Å². The zero-order valence-corrected chi connectivity index (χ0v) is 20.8. The quantitative estimate of drug-likeness (QED) is 0.239. The normalized spacial score (nSPS) is 14.0. The number of carbonyl (C=O) groups excluding carboxylic acids is 1. The van der Waals surface area contributed by atoms with Crippen LogP contribution >= 0.6 is 0 Å². The van der Waals surface area contributed by atoms with Crippen molar-refractivity contribution in [1.82, 2.24) is 0 Å². The van der Waals surface area contributed by atoms with E-state index in [-0.39, 0.29) is 10.9 Å². The Kier molecular flexibility index (Phi) is 9.75. The number of rotatable bonds is 12. The van der Waals surface area contributed by atoms with Crippen molar-refractivity contribution in [2.75, 3.05) is 13.9 Å². The van der Waals surface area contributed by atoms with E-state index in [1.807, 2.05) is 12.1 Å². The third kappa shape index (κ3) is 5.94. The van der Waals surface area contributed by atoms with Crippen LogP contribution < -0.4 is 9.47 Å². The molecule has 0 radical (unpaired) electrons. The fourth-order valence-corrected chi connectivity index (χ4v) is 21.1. The van der Waals surface area contributed by atoms with Crippen molar-refractivity contribution in [2.24, 2.45) is 0 Å². The van der Waals surface area contributed by atoms with Gasteiger partial charge in [-0.2, -0.15) is 0 Å². The zero-order chi connectivity index (χ0) is 20.4. The van der Waals surface area contributed by atoms with E-state index in [1.165, 1.54) is 58.9 Å². The number of unbranched alkanes of at least 4 members (excludes halogenated alkanes) is 3. The molecular formula is C22H36O5Sn. The topological polar surface area (TPSA) is 54.0 Å². The first-order valence-electron chi connectivity index (χ1n) is 10.7. The molecule has 2 rings (SSSR count). The number of hydrogen-bond donors (Lipinski definition) is 0. The number of fused-ring (bicyclic) bond motifs is 1. The molecule has 0 amide bonds. The van der Waals surface area contributed by atoms with E-state index in [1.54, 1.807) is 0 Å². The maximum atomic E-state index is 12.2. The van der Waals surface area contributed by atoms with Gasteiger partial charge in [0.25, 0.3) is 0 Å². The van der Waals surface area contributed by atoms with E-state index in [0.29, 0.717) is 0 Å². The van der Waals surface area contributed by atoms with Crippen LogP contribution in [0.25, 0.3) is 0 Å². The predicted octanol–water partition coefficient (Wildman–Crippen LogP) is 6.63. The van der Waals surface area contributed by atoms with Gasteiger partial charge in [-0.15, -0.1) is 0 Å². The number of methoxy groups -OCH3 is 1. The van der Waals surface area contributed by atoms with Crippen LogP contribution in [-0.2, 0) is 9.47 Å². The van der Waals surface area contributed by atoms with Crippen LogP contribution in [0.1, 0.15) is 69.0 Å². The maximum absolute atomic E-state index is 12.2. The van der Waals surface area contributed by atoms with Gasteiger partial charge in [0, 0.05) is 0 Å². The van der Waals surface area contributed by atoms with Crippen molar-refractivity contribution in [1.29, 1.82) is 0 Å². The second-order valence-electron chi connectivity index (χ2n) is 7.74. The molecule has 0 saturated carbocycles. The molecule has 28 heavy (non-hydrogen) atoms. The molecule has 0 fully saturated rings. The standard InChI is InChI=1S/C10H9O5.3C4H9.Sn/c1-12-10(11)13-5-7-2-3-8-9(4-7)15-6-14-8;3*1-3-4-2;/h2-5H,6H2,1H3;3*1,3-4H2,2H3;. The van der Waals surface area contributed by atoms with Crippen LogP contribution in [0.3, 0.4) is 0 Å². The second-order valence-corrected chi connectivity index (χ2v) is 21.3. The number of benzene rings is 1. The molecule has 0 aromatic heterocycles. The Balaban J connectivity index is 2.46. The van der Waals surface area contributed by atoms with E-state index in [9.17, 15) is 4.79 Å². The van der Waals surface area contributed by atoms with Crippen molar-refractivity contribution in [2.45, 2.75) is 76.7 Å². The molecular weight excluding hydrogens is 463 g/mol. The van der Waals surface area contributed by atoms with Gasteiger partial charge in [0.15, 0.2) is 0 Å². The van der Waals surface area contributed by atoms with E-state index in [0.717, 1.165) is 17.1 Å². The second kappa shape index (κ2) is 11.8. The Morgan fingerprint density at radius 1 is 1.00 bits per heavy atom. The fraction of sp³-hybridized carbons (Fsp3) is 0.682. The summed E-state index contributed by atoms with van der Waals surface area (Å²) in [5.74, 6) is 1.51. The van der Waals surface area contributed by atoms with Gasteiger partial charge < -0.3 is 0 Å². The molecule has 1 unspecified atom stereocenters. The summed E-state index contributed by atoms with van der Waals surface area (Å²) in [5, 5.41) is 0. The summed E-state index contributed by atoms with van der Waals surface area (Å²) in [4.78, 5) is 12.2. The molecule has 158 valence electrons. The number of ether oxygens (including phenoxy) is 4. The Hall–Kier alpha value is -1.11. The Morgan fingerprint density at radius 2 is 1.57 bits per heavy atom. The van der Waals surface area contributed by atoms with E-state index < -0.39 is 24.5 Å². The summed E-state index contributed by atoms with van der Waals surface area (Å²) >= 11 is -2.91. The van der Waals surface area contributed by atoms with Gasteiger partial charge in [-0.1, -0.05) is 0 Å². The van der Waals surface area contributed by atoms with Crippen molar-refractivity contribution in [3.8, 4) is 11.5 Å². The van der Waals surface area contributed by atoms with E-state index in [4.69, 9.17) is 18.9 Å². The molecule has 0 N–H and O–H groups in total. The van der Waals surface area contributed by atoms with Crippen LogP contribution in [0.5, 0.6) is 11.5 Å². The molecule has 0 spiro atoms. The van der Waals surface area contributed by atoms with Gasteiger partial charge in [0.05, 0.1) is 0 Å². The molecule has 1 aromatic carbocycles. The Morgan fingerprint density at radius 3 is 2.11 bits per heavy atom. The first-order valence-corrected chi connectivity index (χ1v) is 18.4. The molecule has 5 nitrogen and oxygen atoms in total. The molecule has 0 bridgehead atoms. The monoisotopic (exact) mass is 500 g/mol. The van der Waals surface area contributed by atoms with Crippen molar-refractivity contribution < 1.29 is 23.7 Å². The van der Waals surface area contributed by atoms with Crippen LogP contribution in [-0.4, -0.2) is 38.4 Å². The van der Waals surface area contributed by atoms with Crippen LogP contribution in [0.2, 0.25) is 13.3 Å². The SMILES string of the molecule is CCC[CH2][Sn]([CH2]CCC)([CH2]CCC)[CH](OC(=O)OC)c1ccc2c(c1)OCO2. The van der Waals surface area contributed by atoms with Gasteiger partial charge in [-0.25, -0.2) is 0 Å². The summed E-state index contributed by atoms with van der Waals surface area (Å²) in [6, 6.07) is 6.02. The fourth-order valence-electron chi connectivity index (χ4n) is 4.12. The van der Waals surface area contributed by atoms with Gasteiger partial charge in [-0.05, 0) is 0 Å². The summed E-state index contributed by atoms with van der Waals surface area (Å²) in [6.45, 7) is 6.98. The van der Waals surface area contributed by atoms with E-state index >= 15 is 0 Å². The molecule has 0 saturated heterocycles. The first-order chi connectivity index (χ1) is 13.6. The van der Waals surface area contributed by atoms with Gasteiger partial charge >= 0.3 is 174 Å². The third-order valence-corrected chi connectivity index (χ3v) is 21.7. The Bertz CT molecular complexity index is 597. The molecule has 1 heterocycles. The van der Waals surface area contributed by atoms with Crippen LogP contribution in [0.15, 0.2) is 18.2 Å². The van der Waals surface area contributed by atoms with Gasteiger partial charge in [0.1, 0.15) is 0 Å². The first kappa shape index (κ1) is 23.2. The molecule has 1 aliphatic rings. The van der Waals surface area contributed by atoms with Crippen molar-refractivity contribution in [3.63, 3.8) is 0 Å². The summed E-state index contributed by atoms with van der Waals surface area (Å²) < 4.78 is 25.6. The van der Waals surface area contributed by atoms with Crippen molar-refractivity contribution >= 4 is 24.5 Å². The average molecular weight is 499 g/mol. The zero-order valence-electron chi connectivity index (χ0n) is 17.9. The molecule has 1 atom stereocenters. The number of hydrogen-bond acceptors (Lipinski definition) is 5. The van der Waals surface area contributed by atoms with Crippen LogP contribution in [0, 0.1) is 0 Å². The van der Waals surface area contributed by atoms with Crippen molar-refractivity contribution in [3.05, 3.63) is 23.8 Å². The number of carbonyl (C=O) groups is 1. The van der Waals surface area contributed by atoms with Gasteiger partial charge in [0.2, 0.25) is 0 Å². The summed E-state index contributed by atoms with van der Waals surface area (Å²) in [7, 11) is 1.39. The summed E-state index contributed by atoms with van der Waals surface area (Å²) in [5.41, 5.74) is 1.05. The minimum absolute atomic E-state index is 0.152. The molecule has 6 heteroatoms. The Labute approximate surface area is 173 Å². The van der Waals surface area contributed by atoms with Gasteiger partial charge in [-0.3, -0.25) is 0 Å².